The van der Waals surface area contributed by atoms with Crippen molar-refractivity contribution >= 4 is 18.1 Å². The minimum atomic E-state index is 0. The second kappa shape index (κ2) is 7.27. The van der Waals surface area contributed by atoms with Gasteiger partial charge in [0.2, 0.25) is 0 Å². The number of hydrazine groups is 1. The van der Waals surface area contributed by atoms with Crippen molar-refractivity contribution in [3.63, 3.8) is 0 Å². The van der Waals surface area contributed by atoms with Gasteiger partial charge in [-0.15, -0.1) is 12.4 Å². The fourth-order valence-corrected chi connectivity index (χ4v) is 1.57. The van der Waals surface area contributed by atoms with Crippen LogP contribution in [0.2, 0.25) is 0 Å². The first kappa shape index (κ1) is 14.8. The normalized spacial score (nSPS) is 9.05. The van der Waals surface area contributed by atoms with E-state index in [1.165, 1.54) is 0 Å². The summed E-state index contributed by atoms with van der Waals surface area (Å²) >= 11 is 0. The standard InChI is InChI=1S/C14H13N3O.ClH/c15-9-12-6-7-14(13(8-12)17-16)18-10-11-4-2-1-3-5-11;/h1-8,17H,10,16H2;1H. The molecule has 0 fully saturated rings. The molecule has 0 heterocycles. The van der Waals surface area contributed by atoms with Crippen molar-refractivity contribution in [2.75, 3.05) is 5.43 Å². The van der Waals surface area contributed by atoms with E-state index in [1.54, 1.807) is 18.2 Å². The van der Waals surface area contributed by atoms with Gasteiger partial charge in [0.05, 0.1) is 17.3 Å². The van der Waals surface area contributed by atoms with Gasteiger partial charge in [0.25, 0.3) is 0 Å². The summed E-state index contributed by atoms with van der Waals surface area (Å²) < 4.78 is 5.66. The summed E-state index contributed by atoms with van der Waals surface area (Å²) in [5.74, 6) is 6.03. The number of nitrogens with zero attached hydrogens (tertiary/aromatic N) is 1. The van der Waals surface area contributed by atoms with Gasteiger partial charge in [0.1, 0.15) is 12.4 Å². The fourth-order valence-electron chi connectivity index (χ4n) is 1.57. The number of halogens is 1. The molecule has 2 rings (SSSR count). The molecule has 0 saturated carbocycles. The van der Waals surface area contributed by atoms with E-state index < -0.39 is 0 Å². The van der Waals surface area contributed by atoms with Crippen molar-refractivity contribution in [3.05, 3.63) is 59.7 Å². The van der Waals surface area contributed by atoms with Crippen LogP contribution < -0.4 is 16.0 Å². The Morgan fingerprint density at radius 3 is 2.53 bits per heavy atom. The molecule has 0 spiro atoms. The second-order valence-electron chi connectivity index (χ2n) is 3.74. The molecule has 98 valence electrons. The first-order chi connectivity index (χ1) is 8.83. The third kappa shape index (κ3) is 3.88. The summed E-state index contributed by atoms with van der Waals surface area (Å²) in [7, 11) is 0. The monoisotopic (exact) mass is 275 g/mol. The van der Waals surface area contributed by atoms with Crippen molar-refractivity contribution in [3.8, 4) is 11.8 Å². The maximum absolute atomic E-state index is 8.80. The molecule has 2 aromatic carbocycles. The smallest absolute Gasteiger partial charge is 0.144 e. The summed E-state index contributed by atoms with van der Waals surface area (Å²) in [6.07, 6.45) is 0. The lowest BCUT2D eigenvalue weighted by molar-refractivity contribution is 0.307. The molecular weight excluding hydrogens is 262 g/mol. The lowest BCUT2D eigenvalue weighted by atomic mass is 10.2. The molecule has 3 N–H and O–H groups in total. The molecule has 0 aliphatic carbocycles. The molecule has 19 heavy (non-hydrogen) atoms. The van der Waals surface area contributed by atoms with Crippen LogP contribution in [0.1, 0.15) is 11.1 Å². The van der Waals surface area contributed by atoms with Crippen molar-refractivity contribution in [1.29, 1.82) is 5.26 Å². The average molecular weight is 276 g/mol. The van der Waals surface area contributed by atoms with E-state index >= 15 is 0 Å². The minimum Gasteiger partial charge on any atom is -0.487 e. The van der Waals surface area contributed by atoms with Crippen molar-refractivity contribution in [1.82, 2.24) is 0 Å². The highest BCUT2D eigenvalue weighted by atomic mass is 35.5. The van der Waals surface area contributed by atoms with E-state index in [-0.39, 0.29) is 12.4 Å². The second-order valence-corrected chi connectivity index (χ2v) is 3.74. The number of hydrogen-bond acceptors (Lipinski definition) is 4. The van der Waals surface area contributed by atoms with Gasteiger partial charge in [0, 0.05) is 0 Å². The number of ether oxygens (including phenoxy) is 1. The van der Waals surface area contributed by atoms with Gasteiger partial charge in [-0.1, -0.05) is 30.3 Å². The Kier molecular flexibility index (Phi) is 5.68. The number of benzene rings is 2. The Labute approximate surface area is 118 Å². The lowest BCUT2D eigenvalue weighted by Crippen LogP contribution is -2.09. The van der Waals surface area contributed by atoms with E-state index in [9.17, 15) is 0 Å². The molecule has 0 unspecified atom stereocenters. The lowest BCUT2D eigenvalue weighted by Gasteiger charge is -2.11. The van der Waals surface area contributed by atoms with Crippen LogP contribution in [0.15, 0.2) is 48.5 Å². The summed E-state index contributed by atoms with van der Waals surface area (Å²) in [4.78, 5) is 0. The van der Waals surface area contributed by atoms with Gasteiger partial charge >= 0.3 is 0 Å². The van der Waals surface area contributed by atoms with Crippen LogP contribution in [-0.4, -0.2) is 0 Å². The molecule has 0 amide bonds. The third-order valence-corrected chi connectivity index (χ3v) is 2.50. The summed E-state index contributed by atoms with van der Waals surface area (Å²) in [6, 6.07) is 17.0. The van der Waals surface area contributed by atoms with Crippen LogP contribution in [0.4, 0.5) is 5.69 Å². The zero-order chi connectivity index (χ0) is 12.8. The van der Waals surface area contributed by atoms with Crippen molar-refractivity contribution < 1.29 is 4.74 Å². The average Bonchev–Trinajstić information content (AvgIpc) is 2.46. The highest BCUT2D eigenvalue weighted by molar-refractivity contribution is 5.85. The topological polar surface area (TPSA) is 71.1 Å². The van der Waals surface area contributed by atoms with Gasteiger partial charge in [-0.2, -0.15) is 5.26 Å². The van der Waals surface area contributed by atoms with Crippen LogP contribution >= 0.6 is 12.4 Å². The number of nitrogen functional groups attached to an aromatic ring is 1. The molecule has 0 saturated heterocycles. The van der Waals surface area contributed by atoms with Crippen LogP contribution in [-0.2, 0) is 6.61 Å². The van der Waals surface area contributed by atoms with E-state index in [0.717, 1.165) is 5.56 Å². The highest BCUT2D eigenvalue weighted by Crippen LogP contribution is 2.25. The van der Waals surface area contributed by atoms with Crippen LogP contribution in [0.5, 0.6) is 5.75 Å². The van der Waals surface area contributed by atoms with Crippen molar-refractivity contribution in [2.24, 2.45) is 5.84 Å². The number of nitrogens with one attached hydrogen (secondary N) is 1. The summed E-state index contributed by atoms with van der Waals surface area (Å²) in [5.41, 5.74) is 4.74. The van der Waals surface area contributed by atoms with Gasteiger partial charge in [-0.05, 0) is 23.8 Å². The molecule has 0 aliphatic rings. The Hall–Kier alpha value is -2.22. The maximum atomic E-state index is 8.80. The summed E-state index contributed by atoms with van der Waals surface area (Å²) in [6.45, 7) is 0.460. The first-order valence-corrected chi connectivity index (χ1v) is 5.51. The largest absolute Gasteiger partial charge is 0.487 e. The molecule has 5 heteroatoms. The van der Waals surface area contributed by atoms with Crippen LogP contribution in [0, 0.1) is 11.3 Å². The van der Waals surface area contributed by atoms with Gasteiger partial charge in [0.15, 0.2) is 0 Å². The number of rotatable bonds is 4. The van der Waals surface area contributed by atoms with Crippen molar-refractivity contribution in [2.45, 2.75) is 6.61 Å². The minimum absolute atomic E-state index is 0. The predicted octanol–water partition coefficient (Wildman–Crippen LogP) is 2.84. The zero-order valence-corrected chi connectivity index (χ0v) is 11.0. The van der Waals surface area contributed by atoms with E-state index in [4.69, 9.17) is 15.8 Å². The zero-order valence-electron chi connectivity index (χ0n) is 10.2. The SMILES string of the molecule is Cl.N#Cc1ccc(OCc2ccccc2)c(NN)c1. The summed E-state index contributed by atoms with van der Waals surface area (Å²) in [5, 5.41) is 8.80. The van der Waals surface area contributed by atoms with E-state index in [2.05, 4.69) is 11.5 Å². The van der Waals surface area contributed by atoms with Gasteiger partial charge in [-0.3, -0.25) is 5.84 Å². The fraction of sp³-hybridized carbons (Fsp3) is 0.0714. The van der Waals surface area contributed by atoms with Gasteiger partial charge < -0.3 is 10.2 Å². The first-order valence-electron chi connectivity index (χ1n) is 5.51. The Bertz CT molecular complexity index is 567. The maximum Gasteiger partial charge on any atom is 0.144 e. The van der Waals surface area contributed by atoms with E-state index in [1.807, 2.05) is 30.3 Å². The van der Waals surface area contributed by atoms with Crippen LogP contribution in [0.25, 0.3) is 0 Å². The Morgan fingerprint density at radius 1 is 1.16 bits per heavy atom. The third-order valence-electron chi connectivity index (χ3n) is 2.50. The molecule has 4 nitrogen and oxygen atoms in total. The predicted molar refractivity (Wildman–Crippen MR) is 77.0 cm³/mol. The molecule has 0 radical (unpaired) electrons. The molecular formula is C14H14ClN3O. The molecule has 0 bridgehead atoms. The quantitative estimate of drug-likeness (QED) is 0.665. The molecule has 0 aliphatic heterocycles. The van der Waals surface area contributed by atoms with E-state index in [0.29, 0.717) is 23.6 Å². The molecule has 0 aromatic heterocycles. The highest BCUT2D eigenvalue weighted by Gasteiger charge is 2.04. The Morgan fingerprint density at radius 2 is 1.89 bits per heavy atom. The number of nitriles is 1. The van der Waals surface area contributed by atoms with Gasteiger partial charge in [-0.25, -0.2) is 0 Å². The van der Waals surface area contributed by atoms with Crippen LogP contribution in [0.3, 0.4) is 0 Å². The number of anilines is 1. The molecule has 2 aromatic rings. The molecule has 0 atom stereocenters. The Balaban J connectivity index is 0.00000180. The number of nitrogens with two attached hydrogens (primary N) is 1. The number of hydrogen-bond donors (Lipinski definition) is 2.